The fourth-order valence-electron chi connectivity index (χ4n) is 3.13. The molecule has 3 aromatic carbocycles. The molecule has 0 saturated carbocycles. The van der Waals surface area contributed by atoms with Gasteiger partial charge in [-0.25, -0.2) is 0 Å². The molecule has 0 aliphatic rings. The molecule has 0 radical (unpaired) electrons. The number of fused-ring (bicyclic) bond motifs is 1. The quantitative estimate of drug-likeness (QED) is 0.639. The summed E-state index contributed by atoms with van der Waals surface area (Å²) in [5.41, 5.74) is 3.11. The highest BCUT2D eigenvalue weighted by Gasteiger charge is 2.20. The minimum atomic E-state index is -0.527. The molecule has 0 aliphatic carbocycles. The highest BCUT2D eigenvalue weighted by molar-refractivity contribution is 5.96. The van der Waals surface area contributed by atoms with Crippen molar-refractivity contribution in [3.8, 4) is 5.75 Å². The van der Waals surface area contributed by atoms with Crippen LogP contribution >= 0.6 is 0 Å². The van der Waals surface area contributed by atoms with E-state index in [0.717, 1.165) is 34.0 Å². The van der Waals surface area contributed by atoms with E-state index in [1.165, 1.54) is 0 Å². The van der Waals surface area contributed by atoms with Gasteiger partial charge in [0.1, 0.15) is 5.75 Å². The van der Waals surface area contributed by atoms with Crippen LogP contribution in [0.25, 0.3) is 10.8 Å². The molecule has 1 amide bonds. The molecule has 26 heavy (non-hydrogen) atoms. The molecular weight excluding hydrogens is 322 g/mol. The van der Waals surface area contributed by atoms with Gasteiger partial charge in [-0.2, -0.15) is 0 Å². The second-order valence-electron chi connectivity index (χ2n) is 6.48. The third kappa shape index (κ3) is 3.88. The van der Waals surface area contributed by atoms with E-state index in [1.54, 1.807) is 0 Å². The average Bonchev–Trinajstić information content (AvgIpc) is 2.67. The van der Waals surface area contributed by atoms with Gasteiger partial charge >= 0.3 is 0 Å². The molecular formula is C23H25NO2. The summed E-state index contributed by atoms with van der Waals surface area (Å²) in [4.78, 5) is 12.8. The fraction of sp³-hybridized carbons (Fsp3) is 0.261. The summed E-state index contributed by atoms with van der Waals surface area (Å²) in [6.07, 6.45) is 0.950. The molecule has 1 N–H and O–H groups in total. The van der Waals surface area contributed by atoms with Gasteiger partial charge in [0, 0.05) is 5.69 Å². The first kappa shape index (κ1) is 18.0. The number of amides is 1. The highest BCUT2D eigenvalue weighted by atomic mass is 16.5. The number of benzene rings is 3. The fourth-order valence-corrected chi connectivity index (χ4v) is 3.13. The van der Waals surface area contributed by atoms with Crippen molar-refractivity contribution in [2.75, 3.05) is 5.32 Å². The first-order valence-corrected chi connectivity index (χ1v) is 9.17. The first-order chi connectivity index (χ1) is 12.6. The number of anilines is 1. The third-order valence-electron chi connectivity index (χ3n) is 4.65. The Labute approximate surface area is 155 Å². The normalized spacial score (nSPS) is 12.0. The SMILES string of the molecule is CCc1cccc(C)c1NC(=O)[C@@H](CC)Oc1ccc2ccccc2c1. The number of carbonyl (C=O) groups is 1. The molecule has 134 valence electrons. The van der Waals surface area contributed by atoms with E-state index in [0.29, 0.717) is 12.2 Å². The molecule has 3 nitrogen and oxygen atoms in total. The number of ether oxygens (including phenoxy) is 1. The molecule has 0 fully saturated rings. The van der Waals surface area contributed by atoms with Gasteiger partial charge in [-0.1, -0.05) is 62.4 Å². The monoisotopic (exact) mass is 347 g/mol. The van der Waals surface area contributed by atoms with Crippen molar-refractivity contribution in [2.45, 2.75) is 39.7 Å². The third-order valence-corrected chi connectivity index (χ3v) is 4.65. The number of hydrogen-bond donors (Lipinski definition) is 1. The maximum atomic E-state index is 12.8. The van der Waals surface area contributed by atoms with Gasteiger partial charge in [-0.3, -0.25) is 4.79 Å². The molecule has 0 saturated heterocycles. The maximum Gasteiger partial charge on any atom is 0.265 e. The van der Waals surface area contributed by atoms with E-state index in [-0.39, 0.29) is 5.91 Å². The van der Waals surface area contributed by atoms with E-state index in [1.807, 2.05) is 68.4 Å². The summed E-state index contributed by atoms with van der Waals surface area (Å²) in [6, 6.07) is 20.1. The molecule has 3 heteroatoms. The first-order valence-electron chi connectivity index (χ1n) is 9.17. The van der Waals surface area contributed by atoms with E-state index >= 15 is 0 Å². The lowest BCUT2D eigenvalue weighted by Crippen LogP contribution is -2.33. The summed E-state index contributed by atoms with van der Waals surface area (Å²) in [5, 5.41) is 5.34. The van der Waals surface area contributed by atoms with Crippen molar-refractivity contribution < 1.29 is 9.53 Å². The lowest BCUT2D eigenvalue weighted by atomic mass is 10.1. The van der Waals surface area contributed by atoms with Crippen molar-refractivity contribution in [1.82, 2.24) is 0 Å². The second-order valence-corrected chi connectivity index (χ2v) is 6.48. The minimum Gasteiger partial charge on any atom is -0.481 e. The zero-order valence-corrected chi connectivity index (χ0v) is 15.6. The summed E-state index contributed by atoms with van der Waals surface area (Å²) in [6.45, 7) is 6.07. The Morgan fingerprint density at radius 3 is 2.50 bits per heavy atom. The zero-order chi connectivity index (χ0) is 18.5. The summed E-state index contributed by atoms with van der Waals surface area (Å²) in [7, 11) is 0. The summed E-state index contributed by atoms with van der Waals surface area (Å²) < 4.78 is 6.01. The summed E-state index contributed by atoms with van der Waals surface area (Å²) in [5.74, 6) is 0.607. The Morgan fingerprint density at radius 2 is 1.77 bits per heavy atom. The number of rotatable bonds is 6. The molecule has 0 bridgehead atoms. The Hall–Kier alpha value is -2.81. The van der Waals surface area contributed by atoms with Gasteiger partial charge in [0.05, 0.1) is 0 Å². The van der Waals surface area contributed by atoms with Crippen LogP contribution in [0, 0.1) is 6.92 Å². The van der Waals surface area contributed by atoms with Crippen LogP contribution in [-0.2, 0) is 11.2 Å². The number of hydrogen-bond acceptors (Lipinski definition) is 2. The van der Waals surface area contributed by atoms with Crippen molar-refractivity contribution in [3.05, 3.63) is 71.8 Å². The molecule has 0 spiro atoms. The maximum absolute atomic E-state index is 12.8. The Kier molecular flexibility index (Phi) is 5.57. The summed E-state index contributed by atoms with van der Waals surface area (Å²) >= 11 is 0. The molecule has 0 aliphatic heterocycles. The molecule has 1 atom stereocenters. The van der Waals surface area contributed by atoms with E-state index in [9.17, 15) is 4.79 Å². The van der Waals surface area contributed by atoms with Crippen LogP contribution in [0.2, 0.25) is 0 Å². The van der Waals surface area contributed by atoms with Crippen molar-refractivity contribution in [2.24, 2.45) is 0 Å². The van der Waals surface area contributed by atoms with Crippen LogP contribution in [0.3, 0.4) is 0 Å². The van der Waals surface area contributed by atoms with Crippen molar-refractivity contribution in [1.29, 1.82) is 0 Å². The van der Waals surface area contributed by atoms with E-state index in [4.69, 9.17) is 4.74 Å². The number of nitrogens with one attached hydrogen (secondary N) is 1. The molecule has 0 aromatic heterocycles. The predicted octanol–water partition coefficient (Wildman–Crippen LogP) is 5.51. The number of carbonyl (C=O) groups excluding carboxylic acids is 1. The van der Waals surface area contributed by atoms with Gasteiger partial charge in [-0.15, -0.1) is 0 Å². The Bertz CT molecular complexity index is 917. The minimum absolute atomic E-state index is 0.107. The van der Waals surface area contributed by atoms with Crippen LogP contribution in [-0.4, -0.2) is 12.0 Å². The molecule has 0 heterocycles. The van der Waals surface area contributed by atoms with Crippen LogP contribution in [0.15, 0.2) is 60.7 Å². The molecule has 0 unspecified atom stereocenters. The Balaban J connectivity index is 1.78. The van der Waals surface area contributed by atoms with Gasteiger partial charge in [0.15, 0.2) is 6.10 Å². The van der Waals surface area contributed by atoms with E-state index < -0.39 is 6.10 Å². The van der Waals surface area contributed by atoms with Crippen molar-refractivity contribution in [3.63, 3.8) is 0 Å². The van der Waals surface area contributed by atoms with Gasteiger partial charge in [-0.05, 0) is 53.8 Å². The lowest BCUT2D eigenvalue weighted by molar-refractivity contribution is -0.122. The van der Waals surface area contributed by atoms with Gasteiger partial charge in [0.2, 0.25) is 0 Å². The van der Waals surface area contributed by atoms with Gasteiger partial charge < -0.3 is 10.1 Å². The van der Waals surface area contributed by atoms with Crippen LogP contribution in [0.1, 0.15) is 31.4 Å². The van der Waals surface area contributed by atoms with Crippen LogP contribution in [0.5, 0.6) is 5.75 Å². The zero-order valence-electron chi connectivity index (χ0n) is 15.6. The standard InChI is InChI=1S/C23H25NO2/c1-4-17-12-8-9-16(3)22(17)24-23(25)21(5-2)26-20-14-13-18-10-6-7-11-19(18)15-20/h6-15,21H,4-5H2,1-3H3,(H,24,25)/t21-/m1/s1. The largest absolute Gasteiger partial charge is 0.481 e. The van der Waals surface area contributed by atoms with Crippen LogP contribution in [0.4, 0.5) is 5.69 Å². The predicted molar refractivity (Wildman–Crippen MR) is 108 cm³/mol. The lowest BCUT2D eigenvalue weighted by Gasteiger charge is -2.20. The van der Waals surface area contributed by atoms with Gasteiger partial charge in [0.25, 0.3) is 5.91 Å². The van der Waals surface area contributed by atoms with E-state index in [2.05, 4.69) is 18.3 Å². The topological polar surface area (TPSA) is 38.3 Å². The molecule has 3 aromatic rings. The van der Waals surface area contributed by atoms with Crippen LogP contribution < -0.4 is 10.1 Å². The Morgan fingerprint density at radius 1 is 1.00 bits per heavy atom. The number of aryl methyl sites for hydroxylation is 2. The average molecular weight is 347 g/mol. The number of para-hydroxylation sites is 1. The molecule has 3 rings (SSSR count). The smallest absolute Gasteiger partial charge is 0.265 e. The highest BCUT2D eigenvalue weighted by Crippen LogP contribution is 2.24. The van der Waals surface area contributed by atoms with Crippen molar-refractivity contribution >= 4 is 22.4 Å². The second kappa shape index (κ2) is 8.05.